The molecule has 0 bridgehead atoms. The van der Waals surface area contributed by atoms with Crippen molar-refractivity contribution in [2.75, 3.05) is 35.2 Å². The molecule has 2 aromatic carbocycles. The van der Waals surface area contributed by atoms with E-state index in [2.05, 4.69) is 49.8 Å². The molecule has 0 atom stereocenters. The van der Waals surface area contributed by atoms with Crippen LogP contribution in [-0.2, 0) is 6.42 Å². The molecule has 1 aliphatic heterocycles. The van der Waals surface area contributed by atoms with E-state index in [-0.39, 0.29) is 5.91 Å². The smallest absolute Gasteiger partial charge is 0.274 e. The maximum absolute atomic E-state index is 12.6. The summed E-state index contributed by atoms with van der Waals surface area (Å²) in [6, 6.07) is 19.9. The largest absolute Gasteiger partial charge is 0.372 e. The summed E-state index contributed by atoms with van der Waals surface area (Å²) in [5, 5.41) is 6.16. The highest BCUT2D eigenvalue weighted by Crippen LogP contribution is 2.22. The minimum Gasteiger partial charge on any atom is -0.372 e. The standard InChI is InChI=1S/C23H25N5O/c29-23(27-19-8-10-20(11-9-19)28-14-4-5-15-28)21-16-22(26-17-25-21)24-13-12-18-6-2-1-3-7-18/h1-3,6-11,16-17H,4-5,12-15H2,(H,27,29)(H,24,25,26). The highest BCUT2D eigenvalue weighted by molar-refractivity contribution is 6.03. The van der Waals surface area contributed by atoms with Crippen LogP contribution < -0.4 is 15.5 Å². The van der Waals surface area contributed by atoms with Crippen LogP contribution in [-0.4, -0.2) is 35.5 Å². The van der Waals surface area contributed by atoms with Gasteiger partial charge in [0.25, 0.3) is 5.91 Å². The third kappa shape index (κ3) is 5.10. The first-order chi connectivity index (χ1) is 14.3. The number of rotatable bonds is 7. The van der Waals surface area contributed by atoms with Gasteiger partial charge in [-0.3, -0.25) is 4.79 Å². The van der Waals surface area contributed by atoms with Crippen molar-refractivity contribution in [2.45, 2.75) is 19.3 Å². The minimum absolute atomic E-state index is 0.243. The van der Waals surface area contributed by atoms with Gasteiger partial charge in [-0.1, -0.05) is 30.3 Å². The van der Waals surface area contributed by atoms with Crippen molar-refractivity contribution in [2.24, 2.45) is 0 Å². The molecule has 0 unspecified atom stereocenters. The van der Waals surface area contributed by atoms with E-state index in [0.717, 1.165) is 31.7 Å². The second-order valence-corrected chi connectivity index (χ2v) is 7.15. The maximum Gasteiger partial charge on any atom is 0.274 e. The van der Waals surface area contributed by atoms with E-state index in [0.29, 0.717) is 11.5 Å². The third-order valence-electron chi connectivity index (χ3n) is 5.06. The van der Waals surface area contributed by atoms with E-state index in [1.807, 2.05) is 30.3 Å². The number of benzene rings is 2. The lowest BCUT2D eigenvalue weighted by Gasteiger charge is -2.17. The highest BCUT2D eigenvalue weighted by Gasteiger charge is 2.13. The highest BCUT2D eigenvalue weighted by atomic mass is 16.1. The van der Waals surface area contributed by atoms with Gasteiger partial charge in [0, 0.05) is 37.1 Å². The van der Waals surface area contributed by atoms with Crippen LogP contribution in [0.5, 0.6) is 0 Å². The molecule has 1 aliphatic rings. The van der Waals surface area contributed by atoms with Crippen LogP contribution in [0, 0.1) is 0 Å². The molecule has 2 heterocycles. The molecule has 1 amide bonds. The van der Waals surface area contributed by atoms with Crippen LogP contribution >= 0.6 is 0 Å². The monoisotopic (exact) mass is 387 g/mol. The van der Waals surface area contributed by atoms with Crippen LogP contribution in [0.4, 0.5) is 17.2 Å². The molecule has 0 radical (unpaired) electrons. The van der Waals surface area contributed by atoms with Crippen molar-refractivity contribution in [1.82, 2.24) is 9.97 Å². The van der Waals surface area contributed by atoms with Gasteiger partial charge in [-0.05, 0) is 49.1 Å². The molecule has 2 N–H and O–H groups in total. The Labute approximate surface area is 171 Å². The number of amides is 1. The molecule has 0 aliphatic carbocycles. The number of carbonyl (C=O) groups excluding carboxylic acids is 1. The number of anilines is 3. The van der Waals surface area contributed by atoms with Gasteiger partial charge in [0.05, 0.1) is 0 Å². The molecule has 6 nitrogen and oxygen atoms in total. The molecular formula is C23H25N5O. The van der Waals surface area contributed by atoms with Crippen LogP contribution in [0.3, 0.4) is 0 Å². The van der Waals surface area contributed by atoms with E-state index in [4.69, 9.17) is 0 Å². The molecule has 1 saturated heterocycles. The fraction of sp³-hybridized carbons (Fsp3) is 0.261. The molecule has 1 aromatic heterocycles. The summed E-state index contributed by atoms with van der Waals surface area (Å²) in [4.78, 5) is 23.2. The van der Waals surface area contributed by atoms with Gasteiger partial charge >= 0.3 is 0 Å². The van der Waals surface area contributed by atoms with Gasteiger partial charge in [0.1, 0.15) is 17.8 Å². The Morgan fingerprint density at radius 1 is 0.966 bits per heavy atom. The molecule has 3 aromatic rings. The Morgan fingerprint density at radius 3 is 2.48 bits per heavy atom. The van der Waals surface area contributed by atoms with Gasteiger partial charge in [0.2, 0.25) is 0 Å². The van der Waals surface area contributed by atoms with Gasteiger partial charge in [0.15, 0.2) is 0 Å². The zero-order valence-corrected chi connectivity index (χ0v) is 16.3. The first-order valence-electron chi connectivity index (χ1n) is 10.0. The summed E-state index contributed by atoms with van der Waals surface area (Å²) in [5.41, 5.74) is 3.55. The van der Waals surface area contributed by atoms with Crippen molar-refractivity contribution in [3.8, 4) is 0 Å². The van der Waals surface area contributed by atoms with E-state index in [1.54, 1.807) is 6.07 Å². The topological polar surface area (TPSA) is 70.2 Å². The van der Waals surface area contributed by atoms with Gasteiger partial charge < -0.3 is 15.5 Å². The number of nitrogens with zero attached hydrogens (tertiary/aromatic N) is 3. The molecule has 4 rings (SSSR count). The van der Waals surface area contributed by atoms with Crippen molar-refractivity contribution in [1.29, 1.82) is 0 Å². The first-order valence-corrected chi connectivity index (χ1v) is 10.0. The van der Waals surface area contributed by atoms with Crippen molar-refractivity contribution >= 4 is 23.1 Å². The van der Waals surface area contributed by atoms with Gasteiger partial charge in [-0.2, -0.15) is 0 Å². The molecule has 148 valence electrons. The molecule has 0 saturated carbocycles. The summed E-state index contributed by atoms with van der Waals surface area (Å²) in [7, 11) is 0. The molecule has 1 fully saturated rings. The number of hydrogen-bond donors (Lipinski definition) is 2. The maximum atomic E-state index is 12.6. The molecular weight excluding hydrogens is 362 g/mol. The summed E-state index contributed by atoms with van der Waals surface area (Å²) < 4.78 is 0. The van der Waals surface area contributed by atoms with Crippen molar-refractivity contribution in [3.63, 3.8) is 0 Å². The summed E-state index contributed by atoms with van der Waals surface area (Å²) in [6.45, 7) is 2.94. The average Bonchev–Trinajstić information content (AvgIpc) is 3.30. The predicted molar refractivity (Wildman–Crippen MR) is 117 cm³/mol. The normalized spacial score (nSPS) is 13.3. The minimum atomic E-state index is -0.243. The third-order valence-corrected chi connectivity index (χ3v) is 5.06. The lowest BCUT2D eigenvalue weighted by Crippen LogP contribution is -2.18. The van der Waals surface area contributed by atoms with Crippen LogP contribution in [0.25, 0.3) is 0 Å². The Kier molecular flexibility index (Phi) is 6.00. The molecule has 0 spiro atoms. The van der Waals surface area contributed by atoms with Crippen LogP contribution in [0.15, 0.2) is 67.0 Å². The number of nitrogens with one attached hydrogen (secondary N) is 2. The Bertz CT molecular complexity index is 937. The van der Waals surface area contributed by atoms with E-state index >= 15 is 0 Å². The quantitative estimate of drug-likeness (QED) is 0.642. The van der Waals surface area contributed by atoms with Gasteiger partial charge in [-0.25, -0.2) is 9.97 Å². The van der Waals surface area contributed by atoms with Crippen LogP contribution in [0.2, 0.25) is 0 Å². The molecule has 29 heavy (non-hydrogen) atoms. The Morgan fingerprint density at radius 2 is 1.72 bits per heavy atom. The van der Waals surface area contributed by atoms with Crippen LogP contribution in [0.1, 0.15) is 28.9 Å². The fourth-order valence-corrected chi connectivity index (χ4v) is 3.48. The van der Waals surface area contributed by atoms with Crippen molar-refractivity contribution < 1.29 is 4.79 Å². The van der Waals surface area contributed by atoms with Gasteiger partial charge in [-0.15, -0.1) is 0 Å². The number of carbonyl (C=O) groups is 1. The Balaban J connectivity index is 1.33. The zero-order chi connectivity index (χ0) is 19.9. The summed E-state index contributed by atoms with van der Waals surface area (Å²) in [5.74, 6) is 0.401. The summed E-state index contributed by atoms with van der Waals surface area (Å²) >= 11 is 0. The predicted octanol–water partition coefficient (Wildman–Crippen LogP) is 3.98. The van der Waals surface area contributed by atoms with E-state index in [9.17, 15) is 4.79 Å². The Hall–Kier alpha value is -3.41. The number of hydrogen-bond acceptors (Lipinski definition) is 5. The SMILES string of the molecule is O=C(Nc1ccc(N2CCCC2)cc1)c1cc(NCCc2ccccc2)ncn1. The summed E-state index contributed by atoms with van der Waals surface area (Å²) in [6.07, 6.45) is 4.79. The second-order valence-electron chi connectivity index (χ2n) is 7.15. The lowest BCUT2D eigenvalue weighted by atomic mass is 10.1. The molecule has 6 heteroatoms. The zero-order valence-electron chi connectivity index (χ0n) is 16.3. The first kappa shape index (κ1) is 18.9. The van der Waals surface area contributed by atoms with Crippen molar-refractivity contribution in [3.05, 3.63) is 78.2 Å². The second kappa shape index (κ2) is 9.19. The average molecular weight is 387 g/mol. The van der Waals surface area contributed by atoms with E-state index < -0.39 is 0 Å². The fourth-order valence-electron chi connectivity index (χ4n) is 3.48. The number of aromatic nitrogens is 2. The lowest BCUT2D eigenvalue weighted by molar-refractivity contribution is 0.102. The van der Waals surface area contributed by atoms with E-state index in [1.165, 1.54) is 30.4 Å².